The molecule has 1 heterocycles. The van der Waals surface area contributed by atoms with Crippen LogP contribution in [-0.2, 0) is 9.84 Å². The van der Waals surface area contributed by atoms with E-state index in [0.29, 0.717) is 11.3 Å². The van der Waals surface area contributed by atoms with Crippen molar-refractivity contribution >= 4 is 37.4 Å². The fourth-order valence-corrected chi connectivity index (χ4v) is 2.91. The van der Waals surface area contributed by atoms with E-state index in [1.165, 1.54) is 18.3 Å². The predicted molar refractivity (Wildman–Crippen MR) is 84.2 cm³/mol. The molecule has 1 amide bonds. The van der Waals surface area contributed by atoms with Gasteiger partial charge < -0.3 is 5.32 Å². The van der Waals surface area contributed by atoms with Crippen LogP contribution in [0.1, 0.15) is 15.9 Å². The molecule has 0 bridgehead atoms. The van der Waals surface area contributed by atoms with Crippen molar-refractivity contribution in [2.75, 3.05) is 11.6 Å². The summed E-state index contributed by atoms with van der Waals surface area (Å²) < 4.78 is 23.4. The van der Waals surface area contributed by atoms with Gasteiger partial charge in [0.15, 0.2) is 14.9 Å². The standard InChI is InChI=1S/C14H13BrN2O3S/c1-9-5-10(7-11(15)6-9)14(18)17-12-3-4-13(16-8-12)21(2,19)20/h3-8H,1-2H3,(H,17,18). The van der Waals surface area contributed by atoms with Gasteiger partial charge in [0.1, 0.15) is 0 Å². The Hall–Kier alpha value is -1.73. The fourth-order valence-electron chi connectivity index (χ4n) is 1.74. The average molecular weight is 369 g/mol. The number of rotatable bonds is 3. The van der Waals surface area contributed by atoms with Crippen molar-refractivity contribution in [2.45, 2.75) is 11.9 Å². The number of pyridine rings is 1. The summed E-state index contributed by atoms with van der Waals surface area (Å²) in [4.78, 5) is 15.9. The molecule has 2 rings (SSSR count). The smallest absolute Gasteiger partial charge is 0.255 e. The first-order chi connectivity index (χ1) is 9.75. The molecule has 5 nitrogen and oxygen atoms in total. The van der Waals surface area contributed by atoms with E-state index in [1.807, 2.05) is 13.0 Å². The number of halogens is 1. The van der Waals surface area contributed by atoms with Crippen LogP contribution in [0, 0.1) is 6.92 Å². The molecule has 1 N–H and O–H groups in total. The molecule has 0 unspecified atom stereocenters. The largest absolute Gasteiger partial charge is 0.321 e. The predicted octanol–water partition coefficient (Wildman–Crippen LogP) is 2.81. The van der Waals surface area contributed by atoms with E-state index in [2.05, 4.69) is 26.2 Å². The zero-order valence-electron chi connectivity index (χ0n) is 11.4. The summed E-state index contributed by atoms with van der Waals surface area (Å²) in [6.07, 6.45) is 2.40. The second kappa shape index (κ2) is 5.95. The van der Waals surface area contributed by atoms with Crippen LogP contribution in [-0.4, -0.2) is 25.6 Å². The zero-order valence-corrected chi connectivity index (χ0v) is 13.8. The van der Waals surface area contributed by atoms with Crippen molar-refractivity contribution in [1.29, 1.82) is 0 Å². The van der Waals surface area contributed by atoms with Gasteiger partial charge in [-0.2, -0.15) is 0 Å². The maximum atomic E-state index is 12.1. The lowest BCUT2D eigenvalue weighted by atomic mass is 10.1. The second-order valence-electron chi connectivity index (χ2n) is 4.63. The van der Waals surface area contributed by atoms with E-state index in [0.717, 1.165) is 16.3 Å². The molecule has 0 fully saturated rings. The highest BCUT2D eigenvalue weighted by atomic mass is 79.9. The summed E-state index contributed by atoms with van der Waals surface area (Å²) in [7, 11) is -3.34. The Bertz CT molecular complexity index is 766. The summed E-state index contributed by atoms with van der Waals surface area (Å²) in [6.45, 7) is 1.89. The van der Waals surface area contributed by atoms with Gasteiger partial charge in [-0.3, -0.25) is 4.79 Å². The van der Waals surface area contributed by atoms with Crippen LogP contribution in [0.25, 0.3) is 0 Å². The highest BCUT2D eigenvalue weighted by Crippen LogP contribution is 2.17. The third-order valence-electron chi connectivity index (χ3n) is 2.68. The first-order valence-corrected chi connectivity index (χ1v) is 8.69. The maximum Gasteiger partial charge on any atom is 0.255 e. The number of nitrogens with zero attached hydrogens (tertiary/aromatic N) is 1. The van der Waals surface area contributed by atoms with Crippen LogP contribution in [0.3, 0.4) is 0 Å². The highest BCUT2D eigenvalue weighted by molar-refractivity contribution is 9.10. The summed E-state index contributed by atoms with van der Waals surface area (Å²) in [6, 6.07) is 8.24. The number of hydrogen-bond acceptors (Lipinski definition) is 4. The van der Waals surface area contributed by atoms with Crippen LogP contribution < -0.4 is 5.32 Å². The number of benzene rings is 1. The van der Waals surface area contributed by atoms with E-state index < -0.39 is 9.84 Å². The minimum absolute atomic E-state index is 0.0289. The van der Waals surface area contributed by atoms with Crippen molar-refractivity contribution in [3.63, 3.8) is 0 Å². The van der Waals surface area contributed by atoms with Gasteiger partial charge >= 0.3 is 0 Å². The van der Waals surface area contributed by atoms with Crippen LogP contribution in [0.4, 0.5) is 5.69 Å². The molecule has 7 heteroatoms. The number of carbonyl (C=O) groups excluding carboxylic acids is 1. The fraction of sp³-hybridized carbons (Fsp3) is 0.143. The molecular weight excluding hydrogens is 356 g/mol. The lowest BCUT2D eigenvalue weighted by Crippen LogP contribution is -2.12. The molecule has 1 aromatic carbocycles. The number of aryl methyl sites for hydroxylation is 1. The quantitative estimate of drug-likeness (QED) is 0.903. The molecule has 0 saturated carbocycles. The first kappa shape index (κ1) is 15.7. The summed E-state index contributed by atoms with van der Waals surface area (Å²) >= 11 is 3.34. The van der Waals surface area contributed by atoms with Gasteiger partial charge in [-0.25, -0.2) is 13.4 Å². The average Bonchev–Trinajstić information content (AvgIpc) is 2.37. The van der Waals surface area contributed by atoms with Crippen LogP contribution in [0.5, 0.6) is 0 Å². The SMILES string of the molecule is Cc1cc(Br)cc(C(=O)Nc2ccc(S(C)(=O)=O)nc2)c1. The van der Waals surface area contributed by atoms with Crippen LogP contribution >= 0.6 is 15.9 Å². The number of nitrogens with one attached hydrogen (secondary N) is 1. The molecule has 0 saturated heterocycles. The third kappa shape index (κ3) is 4.12. The zero-order chi connectivity index (χ0) is 15.6. The number of anilines is 1. The summed E-state index contributed by atoms with van der Waals surface area (Å²) in [5.74, 6) is -0.284. The Morgan fingerprint density at radius 2 is 1.95 bits per heavy atom. The molecule has 0 aliphatic heterocycles. The number of aromatic nitrogens is 1. The molecule has 2 aromatic rings. The van der Waals surface area contributed by atoms with Gasteiger partial charge in [0.2, 0.25) is 0 Å². The van der Waals surface area contributed by atoms with E-state index >= 15 is 0 Å². The second-order valence-corrected chi connectivity index (χ2v) is 7.51. The molecule has 0 radical (unpaired) electrons. The topological polar surface area (TPSA) is 76.1 Å². The number of hydrogen-bond donors (Lipinski definition) is 1. The number of carbonyl (C=O) groups is 1. The Balaban J connectivity index is 2.20. The molecule has 0 atom stereocenters. The Morgan fingerprint density at radius 1 is 1.24 bits per heavy atom. The maximum absolute atomic E-state index is 12.1. The van der Waals surface area contributed by atoms with Gasteiger partial charge in [-0.1, -0.05) is 15.9 Å². The first-order valence-electron chi connectivity index (χ1n) is 6.00. The Kier molecular flexibility index (Phi) is 4.43. The minimum Gasteiger partial charge on any atom is -0.321 e. The molecule has 0 aliphatic rings. The molecule has 1 aromatic heterocycles. The third-order valence-corrected chi connectivity index (χ3v) is 4.14. The molecule has 0 spiro atoms. The molecule has 21 heavy (non-hydrogen) atoms. The number of sulfone groups is 1. The van der Waals surface area contributed by atoms with Crippen molar-refractivity contribution in [3.8, 4) is 0 Å². The lowest BCUT2D eigenvalue weighted by Gasteiger charge is -2.07. The Labute approximate surface area is 131 Å². The molecular formula is C14H13BrN2O3S. The molecule has 0 aliphatic carbocycles. The minimum atomic E-state index is -3.34. The van der Waals surface area contributed by atoms with E-state index in [9.17, 15) is 13.2 Å². The highest BCUT2D eigenvalue weighted by Gasteiger charge is 2.11. The monoisotopic (exact) mass is 368 g/mol. The van der Waals surface area contributed by atoms with E-state index in [4.69, 9.17) is 0 Å². The van der Waals surface area contributed by atoms with Crippen molar-refractivity contribution in [2.24, 2.45) is 0 Å². The van der Waals surface area contributed by atoms with E-state index in [-0.39, 0.29) is 10.9 Å². The normalized spacial score (nSPS) is 11.2. The van der Waals surface area contributed by atoms with E-state index in [1.54, 1.807) is 12.1 Å². The summed E-state index contributed by atoms with van der Waals surface area (Å²) in [5, 5.41) is 2.65. The van der Waals surface area contributed by atoms with Gasteiger partial charge in [0, 0.05) is 16.3 Å². The van der Waals surface area contributed by atoms with Gasteiger partial charge in [-0.15, -0.1) is 0 Å². The van der Waals surface area contributed by atoms with Crippen LogP contribution in [0.2, 0.25) is 0 Å². The van der Waals surface area contributed by atoms with Gasteiger partial charge in [-0.05, 0) is 42.8 Å². The lowest BCUT2D eigenvalue weighted by molar-refractivity contribution is 0.102. The van der Waals surface area contributed by atoms with Crippen molar-refractivity contribution < 1.29 is 13.2 Å². The van der Waals surface area contributed by atoms with Crippen molar-refractivity contribution in [1.82, 2.24) is 4.98 Å². The number of amides is 1. The van der Waals surface area contributed by atoms with Gasteiger partial charge in [0.05, 0.1) is 11.9 Å². The summed E-state index contributed by atoms with van der Waals surface area (Å²) in [5.41, 5.74) is 1.90. The van der Waals surface area contributed by atoms with Gasteiger partial charge in [0.25, 0.3) is 5.91 Å². The Morgan fingerprint density at radius 3 is 2.48 bits per heavy atom. The van der Waals surface area contributed by atoms with Crippen molar-refractivity contribution in [3.05, 3.63) is 52.1 Å². The molecule has 110 valence electrons. The van der Waals surface area contributed by atoms with Crippen LogP contribution in [0.15, 0.2) is 46.0 Å².